The number of rotatable bonds is 7. The van der Waals surface area contributed by atoms with Crippen LogP contribution in [0.2, 0.25) is 0 Å². The number of aromatic nitrogens is 3. The fraction of sp³-hybridized carbons (Fsp3) is 0.304. The van der Waals surface area contributed by atoms with Crippen molar-refractivity contribution in [2.45, 2.75) is 38.3 Å². The van der Waals surface area contributed by atoms with Crippen LogP contribution in [-0.4, -0.2) is 38.8 Å². The average molecular weight is 502 g/mol. The lowest BCUT2D eigenvalue weighted by Gasteiger charge is -2.32. The molecule has 0 aliphatic carbocycles. The van der Waals surface area contributed by atoms with Crippen LogP contribution in [-0.2, 0) is 12.1 Å². The van der Waals surface area contributed by atoms with E-state index in [0.717, 1.165) is 23.8 Å². The molecule has 0 unspecified atom stereocenters. The van der Waals surface area contributed by atoms with Crippen molar-refractivity contribution in [3.63, 3.8) is 0 Å². The van der Waals surface area contributed by atoms with Gasteiger partial charge in [-0.1, -0.05) is 30.3 Å². The summed E-state index contributed by atoms with van der Waals surface area (Å²) in [6.45, 7) is 4.66. The number of aliphatic hydroxyl groups is 1. The molecule has 12 heteroatoms. The molecule has 2 N–H and O–H groups in total. The highest BCUT2D eigenvalue weighted by Crippen LogP contribution is 2.50. The van der Waals surface area contributed by atoms with E-state index in [2.05, 4.69) is 15.4 Å². The number of alkyl halides is 6. The summed E-state index contributed by atoms with van der Waals surface area (Å²) >= 11 is 0. The molecule has 35 heavy (non-hydrogen) atoms. The molecule has 1 aromatic carbocycles. The Morgan fingerprint density at radius 1 is 1.03 bits per heavy atom. The third-order valence-electron chi connectivity index (χ3n) is 5.18. The minimum atomic E-state index is -6.00. The minimum Gasteiger partial charge on any atom is -0.370 e. The smallest absolute Gasteiger partial charge is 0.370 e. The van der Waals surface area contributed by atoms with E-state index in [4.69, 9.17) is 0 Å². The first-order valence-electron chi connectivity index (χ1n) is 10.3. The molecule has 0 saturated heterocycles. The summed E-state index contributed by atoms with van der Waals surface area (Å²) in [4.78, 5) is 4.25. The molecule has 0 saturated carbocycles. The highest BCUT2D eigenvalue weighted by molar-refractivity contribution is 5.75. The van der Waals surface area contributed by atoms with Gasteiger partial charge in [-0.25, -0.2) is 9.37 Å². The SMILES string of the molecule is CCNc1ccc(Cn2nc(C(F)=Cc3ccc(C(O)(C(F)(F)F)C(F)(F)F)cc3)cc2C)cn1. The third-order valence-corrected chi connectivity index (χ3v) is 5.18. The Morgan fingerprint density at radius 3 is 2.17 bits per heavy atom. The number of hydrogen-bond acceptors (Lipinski definition) is 4. The van der Waals surface area contributed by atoms with E-state index in [1.807, 2.05) is 13.0 Å². The van der Waals surface area contributed by atoms with E-state index in [1.54, 1.807) is 19.2 Å². The normalized spacial score (nSPS) is 13.3. The van der Waals surface area contributed by atoms with Crippen LogP contribution in [0.25, 0.3) is 11.9 Å². The molecule has 0 atom stereocenters. The first kappa shape index (κ1) is 26.2. The molecular formula is C23H21F7N4O. The number of pyridine rings is 1. The summed E-state index contributed by atoms with van der Waals surface area (Å²) in [6.07, 6.45) is -9.43. The Morgan fingerprint density at radius 2 is 1.66 bits per heavy atom. The molecule has 0 radical (unpaired) electrons. The molecular weight excluding hydrogens is 481 g/mol. The summed E-state index contributed by atoms with van der Waals surface area (Å²) in [5, 5.41) is 16.7. The second-order valence-corrected chi connectivity index (χ2v) is 7.73. The number of aryl methyl sites for hydroxylation is 1. The Bertz CT molecular complexity index is 1170. The van der Waals surface area contributed by atoms with Gasteiger partial charge in [0.2, 0.25) is 0 Å². The van der Waals surface area contributed by atoms with Crippen LogP contribution < -0.4 is 5.32 Å². The van der Waals surface area contributed by atoms with Crippen molar-refractivity contribution < 1.29 is 35.8 Å². The minimum absolute atomic E-state index is 0.0200. The zero-order valence-electron chi connectivity index (χ0n) is 18.5. The number of nitrogens with one attached hydrogen (secondary N) is 1. The number of benzene rings is 1. The van der Waals surface area contributed by atoms with E-state index in [0.29, 0.717) is 36.7 Å². The molecule has 0 bridgehead atoms. The lowest BCUT2D eigenvalue weighted by Crippen LogP contribution is -2.53. The summed E-state index contributed by atoms with van der Waals surface area (Å²) < 4.78 is 94.3. The van der Waals surface area contributed by atoms with Crippen LogP contribution in [0, 0.1) is 6.92 Å². The number of halogens is 7. The quantitative estimate of drug-likeness (QED) is 0.398. The van der Waals surface area contributed by atoms with Crippen molar-refractivity contribution in [1.29, 1.82) is 0 Å². The number of hydrogen-bond donors (Lipinski definition) is 2. The van der Waals surface area contributed by atoms with Crippen LogP contribution in [0.5, 0.6) is 0 Å². The maximum atomic E-state index is 14.8. The Kier molecular flexibility index (Phi) is 7.25. The van der Waals surface area contributed by atoms with Crippen molar-refractivity contribution >= 4 is 17.7 Å². The largest absolute Gasteiger partial charge is 0.430 e. The van der Waals surface area contributed by atoms with Gasteiger partial charge in [0.05, 0.1) is 6.54 Å². The van der Waals surface area contributed by atoms with Gasteiger partial charge < -0.3 is 10.4 Å². The lowest BCUT2D eigenvalue weighted by molar-refractivity contribution is -0.376. The first-order chi connectivity index (χ1) is 16.3. The molecule has 0 aliphatic rings. The van der Waals surface area contributed by atoms with Crippen molar-refractivity contribution in [2.75, 3.05) is 11.9 Å². The van der Waals surface area contributed by atoms with Gasteiger partial charge in [-0.05, 0) is 43.2 Å². The summed E-state index contributed by atoms with van der Waals surface area (Å²) in [7, 11) is 0. The fourth-order valence-corrected chi connectivity index (χ4v) is 3.29. The van der Waals surface area contributed by atoms with Crippen LogP contribution in [0.15, 0.2) is 48.7 Å². The van der Waals surface area contributed by atoms with Gasteiger partial charge in [-0.2, -0.15) is 31.4 Å². The zero-order valence-corrected chi connectivity index (χ0v) is 18.5. The van der Waals surface area contributed by atoms with E-state index in [1.165, 1.54) is 10.7 Å². The highest BCUT2D eigenvalue weighted by atomic mass is 19.4. The van der Waals surface area contributed by atoms with Gasteiger partial charge in [0.25, 0.3) is 5.60 Å². The van der Waals surface area contributed by atoms with Gasteiger partial charge in [0, 0.05) is 24.0 Å². The van der Waals surface area contributed by atoms with Gasteiger partial charge in [0.1, 0.15) is 11.5 Å². The average Bonchev–Trinajstić information content (AvgIpc) is 3.14. The molecule has 2 heterocycles. The van der Waals surface area contributed by atoms with E-state index in [9.17, 15) is 35.8 Å². The van der Waals surface area contributed by atoms with Gasteiger partial charge in [-0.15, -0.1) is 0 Å². The van der Waals surface area contributed by atoms with Crippen LogP contribution in [0.4, 0.5) is 36.6 Å². The van der Waals surface area contributed by atoms with Gasteiger partial charge in [-0.3, -0.25) is 4.68 Å². The van der Waals surface area contributed by atoms with Crippen LogP contribution >= 0.6 is 0 Å². The maximum Gasteiger partial charge on any atom is 0.430 e. The lowest BCUT2D eigenvalue weighted by atomic mass is 9.91. The van der Waals surface area contributed by atoms with Crippen LogP contribution in [0.3, 0.4) is 0 Å². The van der Waals surface area contributed by atoms with Crippen molar-refractivity contribution in [2.24, 2.45) is 0 Å². The summed E-state index contributed by atoms with van der Waals surface area (Å²) in [5.41, 5.74) is -5.12. The summed E-state index contributed by atoms with van der Waals surface area (Å²) in [5.74, 6) is -0.139. The van der Waals surface area contributed by atoms with Gasteiger partial charge >= 0.3 is 12.4 Å². The number of anilines is 1. The van der Waals surface area contributed by atoms with E-state index in [-0.39, 0.29) is 11.3 Å². The molecule has 0 spiro atoms. The highest BCUT2D eigenvalue weighted by Gasteiger charge is 2.71. The maximum absolute atomic E-state index is 14.8. The monoisotopic (exact) mass is 502 g/mol. The van der Waals surface area contributed by atoms with E-state index < -0.39 is 29.3 Å². The topological polar surface area (TPSA) is 63.0 Å². The van der Waals surface area contributed by atoms with Crippen molar-refractivity contribution in [1.82, 2.24) is 14.8 Å². The van der Waals surface area contributed by atoms with Crippen molar-refractivity contribution in [3.05, 3.63) is 76.7 Å². The predicted octanol–water partition coefficient (Wildman–Crippen LogP) is 5.85. The second-order valence-electron chi connectivity index (χ2n) is 7.73. The Balaban J connectivity index is 1.81. The van der Waals surface area contributed by atoms with Gasteiger partial charge in [0.15, 0.2) is 5.83 Å². The third kappa shape index (κ3) is 5.47. The number of nitrogens with zero attached hydrogens (tertiary/aromatic N) is 3. The molecule has 3 aromatic rings. The zero-order chi connectivity index (χ0) is 26.0. The molecule has 2 aromatic heterocycles. The second kappa shape index (κ2) is 9.68. The molecule has 0 fully saturated rings. The first-order valence-corrected chi connectivity index (χ1v) is 10.3. The van der Waals surface area contributed by atoms with Crippen LogP contribution in [0.1, 0.15) is 35.0 Å². The van der Waals surface area contributed by atoms with Crippen molar-refractivity contribution in [3.8, 4) is 0 Å². The predicted molar refractivity (Wildman–Crippen MR) is 116 cm³/mol. The Labute approximate surface area is 195 Å². The molecule has 188 valence electrons. The van der Waals surface area contributed by atoms with E-state index >= 15 is 0 Å². The molecule has 0 amide bonds. The molecule has 3 rings (SSSR count). The molecule has 5 nitrogen and oxygen atoms in total. The standard InChI is InChI=1S/C23H21F7N4O/c1-3-31-20-9-6-16(12-32-20)13-34-14(2)10-19(33-34)18(24)11-15-4-7-17(8-5-15)21(35,22(25,26)27)23(28,29)30/h4-12,35H,3,13H2,1-2H3,(H,31,32). The Hall–Kier alpha value is -3.41. The fourth-order valence-electron chi connectivity index (χ4n) is 3.29. The molecule has 0 aliphatic heterocycles. The summed E-state index contributed by atoms with van der Waals surface area (Å²) in [6, 6.07) is 7.68.